The molecule has 1 fully saturated rings. The second-order valence-electron chi connectivity index (χ2n) is 7.94. The first-order chi connectivity index (χ1) is 13.8. The van der Waals surface area contributed by atoms with E-state index in [1.165, 1.54) is 58.7 Å². The monoisotopic (exact) mass is 388 g/mol. The summed E-state index contributed by atoms with van der Waals surface area (Å²) in [6.07, 6.45) is 5.75. The van der Waals surface area contributed by atoms with Gasteiger partial charge in [0.15, 0.2) is 0 Å². The van der Waals surface area contributed by atoms with E-state index in [1.54, 1.807) is 0 Å². The van der Waals surface area contributed by atoms with E-state index >= 15 is 0 Å². The third kappa shape index (κ3) is 3.43. The van der Waals surface area contributed by atoms with E-state index in [9.17, 15) is 0 Å². The number of H-pyrrole nitrogens is 1. The van der Waals surface area contributed by atoms with Gasteiger partial charge in [0.25, 0.3) is 0 Å². The number of hydrogen-bond donors (Lipinski definition) is 1. The second kappa shape index (κ2) is 7.62. The summed E-state index contributed by atoms with van der Waals surface area (Å²) in [4.78, 5) is 6.04. The van der Waals surface area contributed by atoms with Gasteiger partial charge in [-0.15, -0.1) is 0 Å². The van der Waals surface area contributed by atoms with Gasteiger partial charge < -0.3 is 9.88 Å². The van der Waals surface area contributed by atoms with Crippen molar-refractivity contribution in [3.05, 3.63) is 83.0 Å². The Bertz CT molecular complexity index is 1100. The highest BCUT2D eigenvalue weighted by molar-refractivity contribution is 6.31. The molecule has 2 heterocycles. The minimum atomic E-state index is 0.626. The van der Waals surface area contributed by atoms with Crippen molar-refractivity contribution in [2.24, 2.45) is 0 Å². The molecule has 0 atom stereocenters. The number of nitrogens with one attached hydrogen (secondary N) is 1. The summed E-state index contributed by atoms with van der Waals surface area (Å²) >= 11 is 6.23. The van der Waals surface area contributed by atoms with Crippen molar-refractivity contribution in [2.75, 3.05) is 19.6 Å². The van der Waals surface area contributed by atoms with Crippen LogP contribution in [-0.4, -0.2) is 29.5 Å². The predicted octanol–water partition coefficient (Wildman–Crippen LogP) is 6.40. The van der Waals surface area contributed by atoms with Gasteiger partial charge in [0.05, 0.1) is 0 Å². The number of rotatable bonds is 4. The Morgan fingerprint density at radius 1 is 0.929 bits per heavy atom. The second-order valence-corrected chi connectivity index (χ2v) is 8.37. The minimum absolute atomic E-state index is 0.626. The Morgan fingerprint density at radius 2 is 1.75 bits per heavy atom. The van der Waals surface area contributed by atoms with Crippen LogP contribution in [0.1, 0.15) is 29.9 Å². The molecule has 1 N–H and O–H groups in total. The molecule has 2 nitrogen and oxygen atoms in total. The quantitative estimate of drug-likeness (QED) is 0.428. The van der Waals surface area contributed by atoms with Crippen molar-refractivity contribution in [1.82, 2.24) is 9.88 Å². The summed E-state index contributed by atoms with van der Waals surface area (Å²) in [5, 5.41) is 4.86. The maximum atomic E-state index is 6.23. The SMILES string of the molecule is Clc1ccc2[nH]cc(C3CCN(CCc4cccc5ccccc45)CC3)c2c1. The molecule has 1 saturated heterocycles. The van der Waals surface area contributed by atoms with Crippen LogP contribution in [0.2, 0.25) is 5.02 Å². The van der Waals surface area contributed by atoms with Crippen LogP contribution in [0.5, 0.6) is 0 Å². The van der Waals surface area contributed by atoms with Crippen molar-refractivity contribution in [2.45, 2.75) is 25.2 Å². The summed E-state index contributed by atoms with van der Waals surface area (Å²) in [7, 11) is 0. The van der Waals surface area contributed by atoms with Gasteiger partial charge in [-0.05, 0) is 78.4 Å². The van der Waals surface area contributed by atoms with Gasteiger partial charge in [-0.2, -0.15) is 0 Å². The molecule has 0 spiro atoms. The fourth-order valence-corrected chi connectivity index (χ4v) is 4.88. The first kappa shape index (κ1) is 17.8. The van der Waals surface area contributed by atoms with Crippen LogP contribution in [0.3, 0.4) is 0 Å². The molecule has 3 aromatic carbocycles. The smallest absolute Gasteiger partial charge is 0.0457 e. The van der Waals surface area contributed by atoms with Gasteiger partial charge in [0.2, 0.25) is 0 Å². The standard InChI is InChI=1S/C25H25ClN2/c26-21-8-9-25-23(16-21)24(17-27-25)20-11-14-28(15-12-20)13-10-19-6-3-5-18-4-1-2-7-22(18)19/h1-9,16-17,20,27H,10-15H2. The zero-order valence-corrected chi connectivity index (χ0v) is 16.8. The lowest BCUT2D eigenvalue weighted by atomic mass is 9.89. The van der Waals surface area contributed by atoms with Crippen LogP contribution in [0.25, 0.3) is 21.7 Å². The minimum Gasteiger partial charge on any atom is -0.361 e. The maximum absolute atomic E-state index is 6.23. The Labute approximate surface area is 171 Å². The molecule has 1 aliphatic rings. The molecule has 0 radical (unpaired) electrons. The molecule has 0 bridgehead atoms. The molecule has 142 valence electrons. The molecule has 0 unspecified atom stereocenters. The Hall–Kier alpha value is -2.29. The zero-order chi connectivity index (χ0) is 18.9. The number of benzene rings is 3. The molecule has 0 saturated carbocycles. The summed E-state index contributed by atoms with van der Waals surface area (Å²) in [6, 6.07) is 21.5. The van der Waals surface area contributed by atoms with Crippen molar-refractivity contribution in [3.63, 3.8) is 0 Å². The number of likely N-dealkylation sites (tertiary alicyclic amines) is 1. The summed E-state index contributed by atoms with van der Waals surface area (Å²) in [5.74, 6) is 0.626. The predicted molar refractivity (Wildman–Crippen MR) is 119 cm³/mol. The molecule has 0 amide bonds. The number of fused-ring (bicyclic) bond motifs is 2. The molecular weight excluding hydrogens is 364 g/mol. The van der Waals surface area contributed by atoms with E-state index in [2.05, 4.69) is 70.7 Å². The number of piperidine rings is 1. The molecule has 1 aromatic heterocycles. The number of halogens is 1. The lowest BCUT2D eigenvalue weighted by Gasteiger charge is -2.32. The lowest BCUT2D eigenvalue weighted by Crippen LogP contribution is -2.34. The van der Waals surface area contributed by atoms with Crippen molar-refractivity contribution >= 4 is 33.3 Å². The van der Waals surface area contributed by atoms with Crippen molar-refractivity contribution in [3.8, 4) is 0 Å². The fourth-order valence-electron chi connectivity index (χ4n) is 4.71. The maximum Gasteiger partial charge on any atom is 0.0457 e. The van der Waals surface area contributed by atoms with Gasteiger partial charge >= 0.3 is 0 Å². The van der Waals surface area contributed by atoms with Crippen LogP contribution in [0.4, 0.5) is 0 Å². The molecule has 5 rings (SSSR count). The van der Waals surface area contributed by atoms with E-state index in [1.807, 2.05) is 6.07 Å². The van der Waals surface area contributed by atoms with Crippen LogP contribution in [0, 0.1) is 0 Å². The van der Waals surface area contributed by atoms with Crippen LogP contribution in [0.15, 0.2) is 66.9 Å². The number of nitrogens with zero attached hydrogens (tertiary/aromatic N) is 1. The molecule has 0 aliphatic carbocycles. The molecular formula is C25H25ClN2. The topological polar surface area (TPSA) is 19.0 Å². The highest BCUT2D eigenvalue weighted by Gasteiger charge is 2.22. The number of aromatic nitrogens is 1. The van der Waals surface area contributed by atoms with E-state index in [4.69, 9.17) is 11.6 Å². The van der Waals surface area contributed by atoms with Crippen LogP contribution in [-0.2, 0) is 6.42 Å². The normalized spacial score (nSPS) is 16.2. The Balaban J connectivity index is 1.24. The van der Waals surface area contributed by atoms with Crippen molar-refractivity contribution < 1.29 is 0 Å². The van der Waals surface area contributed by atoms with E-state index in [0.29, 0.717) is 5.92 Å². The van der Waals surface area contributed by atoms with Crippen molar-refractivity contribution in [1.29, 1.82) is 0 Å². The highest BCUT2D eigenvalue weighted by atomic mass is 35.5. The van der Waals surface area contributed by atoms with Gasteiger partial charge in [0, 0.05) is 28.7 Å². The summed E-state index contributed by atoms with van der Waals surface area (Å²) < 4.78 is 0. The van der Waals surface area contributed by atoms with E-state index in [0.717, 1.165) is 18.0 Å². The van der Waals surface area contributed by atoms with Crippen LogP contribution < -0.4 is 0 Å². The zero-order valence-electron chi connectivity index (χ0n) is 16.0. The van der Waals surface area contributed by atoms with Gasteiger partial charge in [-0.1, -0.05) is 54.1 Å². The fraction of sp³-hybridized carbons (Fsp3) is 0.280. The van der Waals surface area contributed by atoms with E-state index < -0.39 is 0 Å². The van der Waals surface area contributed by atoms with Gasteiger partial charge in [-0.25, -0.2) is 0 Å². The molecule has 3 heteroatoms. The summed E-state index contributed by atoms with van der Waals surface area (Å²) in [6.45, 7) is 3.48. The van der Waals surface area contributed by atoms with E-state index in [-0.39, 0.29) is 0 Å². The molecule has 4 aromatic rings. The largest absolute Gasteiger partial charge is 0.361 e. The third-order valence-corrected chi connectivity index (χ3v) is 6.52. The first-order valence-corrected chi connectivity index (χ1v) is 10.6. The lowest BCUT2D eigenvalue weighted by molar-refractivity contribution is 0.215. The van der Waals surface area contributed by atoms with Crippen LogP contribution >= 0.6 is 11.6 Å². The molecule has 28 heavy (non-hydrogen) atoms. The third-order valence-electron chi connectivity index (χ3n) is 6.28. The first-order valence-electron chi connectivity index (χ1n) is 10.2. The Morgan fingerprint density at radius 3 is 2.64 bits per heavy atom. The van der Waals surface area contributed by atoms with Gasteiger partial charge in [-0.3, -0.25) is 0 Å². The highest BCUT2D eigenvalue weighted by Crippen LogP contribution is 2.34. The summed E-state index contributed by atoms with van der Waals surface area (Å²) in [5.41, 5.74) is 4.09. The average Bonchev–Trinajstić information content (AvgIpc) is 3.15. The Kier molecular flexibility index (Phi) is 4.84. The number of hydrogen-bond acceptors (Lipinski definition) is 1. The van der Waals surface area contributed by atoms with Gasteiger partial charge in [0.1, 0.15) is 0 Å². The number of aromatic amines is 1. The average molecular weight is 389 g/mol. The molecule has 1 aliphatic heterocycles.